The van der Waals surface area contributed by atoms with Gasteiger partial charge in [-0.05, 0) is 26.0 Å². The Hall–Kier alpha value is -1.27. The number of hydrogen-bond acceptors (Lipinski definition) is 5. The van der Waals surface area contributed by atoms with Crippen molar-refractivity contribution < 1.29 is 18.8 Å². The van der Waals surface area contributed by atoms with Crippen molar-refractivity contribution in [3.63, 3.8) is 0 Å². The van der Waals surface area contributed by atoms with Crippen LogP contribution in [0.5, 0.6) is 0 Å². The smallest absolute Gasteiger partial charge is 0.324 e. The van der Waals surface area contributed by atoms with Gasteiger partial charge in [-0.1, -0.05) is 23.5 Å². The minimum atomic E-state index is -3.91. The molecule has 0 aliphatic carbocycles. The van der Waals surface area contributed by atoms with Crippen LogP contribution in [0.4, 0.5) is 5.13 Å². The summed E-state index contributed by atoms with van der Waals surface area (Å²) in [6, 6.07) is 7.46. The lowest BCUT2D eigenvalue weighted by Crippen LogP contribution is -2.18. The molecule has 0 spiro atoms. The lowest BCUT2D eigenvalue weighted by atomic mass is 10.3. The molecule has 20 heavy (non-hydrogen) atoms. The van der Waals surface area contributed by atoms with E-state index in [1.54, 1.807) is 13.8 Å². The number of para-hydroxylation sites is 1. The third-order valence-corrected chi connectivity index (χ3v) is 4.65. The molecular formula is C12H15N2O4PS. The highest BCUT2D eigenvalue weighted by Gasteiger charge is 2.25. The van der Waals surface area contributed by atoms with Gasteiger partial charge in [-0.2, -0.15) is 0 Å². The highest BCUT2D eigenvalue weighted by Crippen LogP contribution is 2.43. The number of nitrogens with zero attached hydrogens (tertiary/aromatic N) is 1. The van der Waals surface area contributed by atoms with Gasteiger partial charge in [0, 0.05) is 0 Å². The molecule has 0 aliphatic rings. The standard InChI is InChI=1S/C12H15N2O4PS/c1-8(2)18-19(16,17)7-11(15)14-12-13-9-5-3-4-6-10(9)20-12/h3-6,8H,7H2,1-2H3,(H,16,17)(H,13,14,15). The van der Waals surface area contributed by atoms with E-state index in [-0.39, 0.29) is 0 Å². The number of carbonyl (C=O) groups is 1. The van der Waals surface area contributed by atoms with Crippen LogP contribution in [0, 0.1) is 0 Å². The number of rotatable bonds is 5. The second-order valence-corrected chi connectivity index (χ2v) is 7.32. The third kappa shape index (κ3) is 4.11. The largest absolute Gasteiger partial charge is 0.337 e. The summed E-state index contributed by atoms with van der Waals surface area (Å²) in [5.74, 6) is -0.587. The van der Waals surface area contributed by atoms with Gasteiger partial charge in [0.15, 0.2) is 5.13 Å². The summed E-state index contributed by atoms with van der Waals surface area (Å²) in [5.41, 5.74) is 0.776. The van der Waals surface area contributed by atoms with Crippen LogP contribution in [0.3, 0.4) is 0 Å². The van der Waals surface area contributed by atoms with Crippen LogP contribution in [-0.4, -0.2) is 28.1 Å². The number of carbonyl (C=O) groups excluding carboxylic acids is 1. The predicted octanol–water partition coefficient (Wildman–Crippen LogP) is 2.85. The number of anilines is 1. The first-order valence-electron chi connectivity index (χ1n) is 6.01. The van der Waals surface area contributed by atoms with Gasteiger partial charge in [-0.3, -0.25) is 9.36 Å². The van der Waals surface area contributed by atoms with Crippen molar-refractivity contribution in [1.29, 1.82) is 0 Å². The average molecular weight is 314 g/mol. The summed E-state index contributed by atoms with van der Waals surface area (Å²) in [4.78, 5) is 25.5. The Kier molecular flexibility index (Phi) is 4.55. The van der Waals surface area contributed by atoms with Crippen LogP contribution in [0.15, 0.2) is 24.3 Å². The van der Waals surface area contributed by atoms with E-state index in [1.165, 1.54) is 11.3 Å². The minimum absolute atomic E-state index is 0.403. The summed E-state index contributed by atoms with van der Waals surface area (Å²) >= 11 is 1.31. The normalized spacial score (nSPS) is 14.4. The molecule has 0 radical (unpaired) electrons. The molecule has 1 aromatic carbocycles. The molecule has 1 unspecified atom stereocenters. The molecule has 8 heteroatoms. The minimum Gasteiger partial charge on any atom is -0.324 e. The molecule has 2 aromatic rings. The van der Waals surface area contributed by atoms with Crippen LogP contribution >= 0.6 is 18.9 Å². The number of thiazole rings is 1. The van der Waals surface area contributed by atoms with E-state index in [2.05, 4.69) is 10.3 Å². The fourth-order valence-corrected chi connectivity index (χ4v) is 3.69. The Morgan fingerprint density at radius 2 is 2.20 bits per heavy atom. The second-order valence-electron chi connectivity index (χ2n) is 4.48. The van der Waals surface area contributed by atoms with Gasteiger partial charge in [-0.25, -0.2) is 4.98 Å². The molecule has 2 N–H and O–H groups in total. The van der Waals surface area contributed by atoms with Gasteiger partial charge < -0.3 is 14.7 Å². The fraction of sp³-hybridized carbons (Fsp3) is 0.333. The zero-order chi connectivity index (χ0) is 14.8. The molecule has 0 fully saturated rings. The highest BCUT2D eigenvalue weighted by atomic mass is 32.1. The summed E-state index contributed by atoms with van der Waals surface area (Å²) in [5, 5.41) is 2.92. The van der Waals surface area contributed by atoms with E-state index in [0.717, 1.165) is 10.2 Å². The lowest BCUT2D eigenvalue weighted by Gasteiger charge is -2.13. The maximum Gasteiger partial charge on any atom is 0.337 e. The molecule has 1 amide bonds. The average Bonchev–Trinajstić information content (AvgIpc) is 2.67. The Bertz CT molecular complexity index is 637. The molecule has 1 aromatic heterocycles. The van der Waals surface area contributed by atoms with Crippen molar-refractivity contribution in [3.05, 3.63) is 24.3 Å². The molecule has 0 saturated carbocycles. The number of fused-ring (bicyclic) bond motifs is 1. The fourth-order valence-electron chi connectivity index (χ4n) is 1.63. The monoisotopic (exact) mass is 314 g/mol. The maximum absolute atomic E-state index is 11.7. The van der Waals surface area contributed by atoms with Crippen molar-refractivity contribution >= 4 is 40.2 Å². The Labute approximate surface area is 120 Å². The summed E-state index contributed by atoms with van der Waals surface area (Å²) in [7, 11) is -3.91. The van der Waals surface area contributed by atoms with E-state index in [0.29, 0.717) is 5.13 Å². The van der Waals surface area contributed by atoms with Crippen molar-refractivity contribution in [2.45, 2.75) is 20.0 Å². The van der Waals surface area contributed by atoms with E-state index >= 15 is 0 Å². The maximum atomic E-state index is 11.7. The van der Waals surface area contributed by atoms with Crippen LogP contribution in [0.25, 0.3) is 10.2 Å². The first-order valence-corrected chi connectivity index (χ1v) is 8.59. The molecule has 0 aliphatic heterocycles. The van der Waals surface area contributed by atoms with Crippen LogP contribution in [0.1, 0.15) is 13.8 Å². The second kappa shape index (κ2) is 6.01. The zero-order valence-electron chi connectivity index (χ0n) is 11.1. The molecular weight excluding hydrogens is 299 g/mol. The van der Waals surface area contributed by atoms with E-state index < -0.39 is 25.8 Å². The van der Waals surface area contributed by atoms with Crippen molar-refractivity contribution in [3.8, 4) is 0 Å². The van der Waals surface area contributed by atoms with Gasteiger partial charge in [-0.15, -0.1) is 0 Å². The van der Waals surface area contributed by atoms with Crippen molar-refractivity contribution in [1.82, 2.24) is 4.98 Å². The molecule has 108 valence electrons. The Morgan fingerprint density at radius 1 is 1.50 bits per heavy atom. The first-order chi connectivity index (χ1) is 9.35. The predicted molar refractivity (Wildman–Crippen MR) is 79.2 cm³/mol. The SMILES string of the molecule is CC(C)OP(=O)(O)CC(=O)Nc1nc2ccccc2s1. The zero-order valence-corrected chi connectivity index (χ0v) is 12.8. The van der Waals surface area contributed by atoms with Crippen molar-refractivity contribution in [2.24, 2.45) is 0 Å². The molecule has 1 atom stereocenters. The summed E-state index contributed by atoms with van der Waals surface area (Å²) in [6.07, 6.45) is -0.998. The van der Waals surface area contributed by atoms with E-state index in [9.17, 15) is 14.3 Å². The summed E-state index contributed by atoms with van der Waals surface area (Å²) < 4.78 is 17.4. The Balaban J connectivity index is 2.02. The van der Waals surface area contributed by atoms with Gasteiger partial charge >= 0.3 is 7.60 Å². The number of aromatic nitrogens is 1. The van der Waals surface area contributed by atoms with Crippen LogP contribution < -0.4 is 5.32 Å². The summed E-state index contributed by atoms with van der Waals surface area (Å²) in [6.45, 7) is 3.27. The topological polar surface area (TPSA) is 88.5 Å². The number of benzene rings is 1. The molecule has 1 heterocycles. The molecule has 0 saturated heterocycles. The Morgan fingerprint density at radius 3 is 2.85 bits per heavy atom. The molecule has 6 nitrogen and oxygen atoms in total. The van der Waals surface area contributed by atoms with Gasteiger partial charge in [0.05, 0.1) is 16.3 Å². The number of nitrogens with one attached hydrogen (secondary N) is 1. The highest BCUT2D eigenvalue weighted by molar-refractivity contribution is 7.53. The van der Waals surface area contributed by atoms with E-state index in [1.807, 2.05) is 24.3 Å². The lowest BCUT2D eigenvalue weighted by molar-refractivity contribution is -0.114. The van der Waals surface area contributed by atoms with Crippen LogP contribution in [-0.2, 0) is 13.9 Å². The van der Waals surface area contributed by atoms with Crippen molar-refractivity contribution in [2.75, 3.05) is 11.5 Å². The first kappa shape index (κ1) is 15.1. The quantitative estimate of drug-likeness (QED) is 0.828. The third-order valence-electron chi connectivity index (χ3n) is 2.26. The number of amides is 1. The molecule has 2 rings (SSSR count). The van der Waals surface area contributed by atoms with Gasteiger partial charge in [0.2, 0.25) is 5.91 Å². The molecule has 0 bridgehead atoms. The van der Waals surface area contributed by atoms with Crippen LogP contribution in [0.2, 0.25) is 0 Å². The number of hydrogen-bond donors (Lipinski definition) is 2. The van der Waals surface area contributed by atoms with Gasteiger partial charge in [0.25, 0.3) is 0 Å². The van der Waals surface area contributed by atoms with E-state index in [4.69, 9.17) is 4.52 Å². The van der Waals surface area contributed by atoms with Gasteiger partial charge in [0.1, 0.15) is 6.16 Å².